The van der Waals surface area contributed by atoms with Crippen LogP contribution in [0.15, 0.2) is 36.4 Å². The lowest BCUT2D eigenvalue weighted by molar-refractivity contribution is 0.153. The molecule has 0 saturated heterocycles. The highest BCUT2D eigenvalue weighted by atomic mass is 16.5. The van der Waals surface area contributed by atoms with Crippen molar-refractivity contribution in [3.8, 4) is 0 Å². The number of benzene rings is 2. The minimum Gasteiger partial charge on any atom is -0.381 e. The molecule has 0 radical (unpaired) electrons. The van der Waals surface area contributed by atoms with Crippen molar-refractivity contribution >= 4 is 22.7 Å². The molecule has 3 rings (SSSR count). The molecule has 0 bridgehead atoms. The Labute approximate surface area is 168 Å². The maximum Gasteiger partial charge on any atom is 0.0639 e. The van der Waals surface area contributed by atoms with Crippen LogP contribution in [-0.2, 0) is 9.47 Å². The Morgan fingerprint density at radius 3 is 1.29 bits per heavy atom. The van der Waals surface area contributed by atoms with E-state index in [-0.39, 0.29) is 0 Å². The minimum atomic E-state index is 0.664. The summed E-state index contributed by atoms with van der Waals surface area (Å²) in [4.78, 5) is 0. The molecule has 0 saturated carbocycles. The van der Waals surface area contributed by atoms with Gasteiger partial charge in [0.05, 0.1) is 49.2 Å². The van der Waals surface area contributed by atoms with Crippen LogP contribution in [0.3, 0.4) is 0 Å². The zero-order chi connectivity index (χ0) is 19.6. The van der Waals surface area contributed by atoms with Crippen molar-refractivity contribution in [3.63, 3.8) is 0 Å². The zero-order valence-electron chi connectivity index (χ0n) is 16.9. The van der Waals surface area contributed by atoms with Crippen LogP contribution in [0.2, 0.25) is 0 Å². The van der Waals surface area contributed by atoms with Crippen LogP contribution >= 0.6 is 0 Å². The summed E-state index contributed by atoms with van der Waals surface area (Å²) in [5.74, 6) is 0. The second-order valence-electron chi connectivity index (χ2n) is 7.03. The van der Waals surface area contributed by atoms with Crippen LogP contribution in [-0.4, -0.2) is 52.6 Å². The van der Waals surface area contributed by atoms with Gasteiger partial charge in [-0.05, 0) is 49.2 Å². The minimum absolute atomic E-state index is 0.664. The SMILES string of the molecule is Cc1ccc2c(c1)NCCOCCNc1cc(C)ccc1NCCOCCN2. The molecule has 2 aromatic carbocycles. The van der Waals surface area contributed by atoms with Crippen molar-refractivity contribution in [2.75, 3.05) is 73.9 Å². The third kappa shape index (κ3) is 6.32. The Morgan fingerprint density at radius 1 is 0.536 bits per heavy atom. The molecule has 0 aliphatic carbocycles. The molecule has 6 heteroatoms. The number of ether oxygens (including phenoxy) is 2. The largest absolute Gasteiger partial charge is 0.381 e. The highest BCUT2D eigenvalue weighted by molar-refractivity contribution is 5.70. The van der Waals surface area contributed by atoms with Crippen molar-refractivity contribution < 1.29 is 9.47 Å². The number of rotatable bonds is 0. The molecule has 0 amide bonds. The van der Waals surface area contributed by atoms with Crippen LogP contribution in [0, 0.1) is 13.8 Å². The van der Waals surface area contributed by atoms with E-state index in [1.807, 2.05) is 0 Å². The van der Waals surface area contributed by atoms with E-state index in [0.717, 1.165) is 48.9 Å². The van der Waals surface area contributed by atoms with Crippen LogP contribution in [0.4, 0.5) is 22.7 Å². The summed E-state index contributed by atoms with van der Waals surface area (Å²) in [6, 6.07) is 12.8. The smallest absolute Gasteiger partial charge is 0.0639 e. The Hall–Kier alpha value is -2.44. The van der Waals surface area contributed by atoms with E-state index in [9.17, 15) is 0 Å². The lowest BCUT2D eigenvalue weighted by Crippen LogP contribution is -2.18. The summed E-state index contributed by atoms with van der Waals surface area (Å²) in [6.45, 7) is 9.94. The van der Waals surface area contributed by atoms with E-state index in [4.69, 9.17) is 9.47 Å². The van der Waals surface area contributed by atoms with Gasteiger partial charge in [0.15, 0.2) is 0 Å². The number of hydrogen-bond donors (Lipinski definition) is 4. The molecular formula is C22H32N4O2. The number of anilines is 4. The molecule has 0 unspecified atom stereocenters. The average Bonchev–Trinajstić information content (AvgIpc) is 2.68. The van der Waals surface area contributed by atoms with Crippen molar-refractivity contribution in [2.45, 2.75) is 13.8 Å². The molecule has 2 aromatic rings. The van der Waals surface area contributed by atoms with E-state index >= 15 is 0 Å². The van der Waals surface area contributed by atoms with Crippen molar-refractivity contribution in [1.82, 2.24) is 0 Å². The van der Waals surface area contributed by atoms with E-state index in [0.29, 0.717) is 26.4 Å². The van der Waals surface area contributed by atoms with Gasteiger partial charge in [-0.1, -0.05) is 12.1 Å². The Kier molecular flexibility index (Phi) is 7.82. The highest BCUT2D eigenvalue weighted by Crippen LogP contribution is 2.24. The number of nitrogens with one attached hydrogen (secondary N) is 4. The topological polar surface area (TPSA) is 66.6 Å². The Morgan fingerprint density at radius 2 is 0.893 bits per heavy atom. The van der Waals surface area contributed by atoms with Gasteiger partial charge in [0.25, 0.3) is 0 Å². The van der Waals surface area contributed by atoms with Gasteiger partial charge in [-0.15, -0.1) is 0 Å². The number of aryl methyl sites for hydroxylation is 2. The first-order chi connectivity index (χ1) is 13.7. The molecule has 1 aliphatic heterocycles. The monoisotopic (exact) mass is 384 g/mol. The first-order valence-electron chi connectivity index (χ1n) is 10.0. The van der Waals surface area contributed by atoms with Crippen LogP contribution in [0.5, 0.6) is 0 Å². The molecule has 1 heterocycles. The molecule has 152 valence electrons. The summed E-state index contributed by atoms with van der Waals surface area (Å²) in [5.41, 5.74) is 6.87. The second-order valence-corrected chi connectivity index (χ2v) is 7.03. The van der Waals surface area contributed by atoms with Crippen LogP contribution in [0.1, 0.15) is 11.1 Å². The zero-order valence-corrected chi connectivity index (χ0v) is 16.9. The van der Waals surface area contributed by atoms with Crippen molar-refractivity contribution in [1.29, 1.82) is 0 Å². The van der Waals surface area contributed by atoms with Gasteiger partial charge < -0.3 is 30.7 Å². The number of fused-ring (bicyclic) bond motifs is 2. The number of hydrogen-bond acceptors (Lipinski definition) is 6. The molecule has 0 aromatic heterocycles. The Balaban J connectivity index is 1.60. The highest BCUT2D eigenvalue weighted by Gasteiger charge is 2.05. The molecule has 6 nitrogen and oxygen atoms in total. The van der Waals surface area contributed by atoms with Crippen LogP contribution < -0.4 is 21.3 Å². The summed E-state index contributed by atoms with van der Waals surface area (Å²) >= 11 is 0. The summed E-state index contributed by atoms with van der Waals surface area (Å²) < 4.78 is 11.6. The third-order valence-electron chi connectivity index (χ3n) is 4.60. The third-order valence-corrected chi connectivity index (χ3v) is 4.60. The fraction of sp³-hybridized carbons (Fsp3) is 0.455. The lowest BCUT2D eigenvalue weighted by Gasteiger charge is -2.17. The normalized spacial score (nSPS) is 16.6. The van der Waals surface area contributed by atoms with Crippen LogP contribution in [0.25, 0.3) is 0 Å². The Bertz CT molecular complexity index is 690. The van der Waals surface area contributed by atoms with Gasteiger partial charge in [0, 0.05) is 26.2 Å². The molecule has 1 aliphatic rings. The fourth-order valence-electron chi connectivity index (χ4n) is 3.15. The summed E-state index contributed by atoms with van der Waals surface area (Å²) in [6.07, 6.45) is 0. The van der Waals surface area contributed by atoms with Gasteiger partial charge in [0.2, 0.25) is 0 Å². The van der Waals surface area contributed by atoms with Gasteiger partial charge in [0.1, 0.15) is 0 Å². The maximum atomic E-state index is 5.78. The molecule has 28 heavy (non-hydrogen) atoms. The predicted octanol–water partition coefficient (Wildman–Crippen LogP) is 3.70. The quantitative estimate of drug-likeness (QED) is 0.555. The predicted molar refractivity (Wildman–Crippen MR) is 118 cm³/mol. The fourth-order valence-corrected chi connectivity index (χ4v) is 3.15. The molecule has 0 atom stereocenters. The van der Waals surface area contributed by atoms with Gasteiger partial charge in [-0.25, -0.2) is 0 Å². The van der Waals surface area contributed by atoms with Gasteiger partial charge in [-0.2, -0.15) is 0 Å². The standard InChI is InChI=1S/C22H32N4O2/c1-17-3-5-19-21(15-17)25-9-13-28-14-10-26-22-16-18(2)4-6-20(22)24-8-12-27-11-7-23-19/h3-6,15-16,23-26H,7-14H2,1-2H3. The van der Waals surface area contributed by atoms with E-state index < -0.39 is 0 Å². The summed E-state index contributed by atoms with van der Waals surface area (Å²) in [7, 11) is 0. The molecule has 0 fully saturated rings. The molecule has 4 N–H and O–H groups in total. The molecule has 0 spiro atoms. The first kappa shape index (κ1) is 20.3. The average molecular weight is 385 g/mol. The van der Waals surface area contributed by atoms with E-state index in [2.05, 4.69) is 71.5 Å². The lowest BCUT2D eigenvalue weighted by atomic mass is 10.2. The van der Waals surface area contributed by atoms with E-state index in [1.54, 1.807) is 0 Å². The van der Waals surface area contributed by atoms with E-state index in [1.165, 1.54) is 11.1 Å². The van der Waals surface area contributed by atoms with Crippen molar-refractivity contribution in [3.05, 3.63) is 47.5 Å². The van der Waals surface area contributed by atoms with Gasteiger partial charge >= 0.3 is 0 Å². The summed E-state index contributed by atoms with van der Waals surface area (Å²) in [5, 5.41) is 13.9. The first-order valence-corrected chi connectivity index (χ1v) is 10.0. The van der Waals surface area contributed by atoms with Gasteiger partial charge in [-0.3, -0.25) is 0 Å². The van der Waals surface area contributed by atoms with Crippen molar-refractivity contribution in [2.24, 2.45) is 0 Å². The second kappa shape index (κ2) is 10.8. The maximum absolute atomic E-state index is 5.78. The molecular weight excluding hydrogens is 352 g/mol.